The molecule has 3 aliphatic rings. The van der Waals surface area contributed by atoms with E-state index in [2.05, 4.69) is 14.5 Å². The van der Waals surface area contributed by atoms with Crippen molar-refractivity contribution in [2.45, 2.75) is 17.9 Å². The lowest BCUT2D eigenvalue weighted by atomic mass is 10.1. The fourth-order valence-electron chi connectivity index (χ4n) is 3.23. The number of piperazine rings is 3. The SMILES string of the molecule is COc1ccc(S(=O)(=O)NCC2CN3CCN2CC3)cc1C. The number of nitrogens with zero attached hydrogens (tertiary/aromatic N) is 2. The third-order valence-corrected chi connectivity index (χ3v) is 6.00. The summed E-state index contributed by atoms with van der Waals surface area (Å²) in [5.41, 5.74) is 0.817. The highest BCUT2D eigenvalue weighted by molar-refractivity contribution is 7.89. The Morgan fingerprint density at radius 1 is 1.27 bits per heavy atom. The smallest absolute Gasteiger partial charge is 0.240 e. The van der Waals surface area contributed by atoms with Gasteiger partial charge in [-0.2, -0.15) is 0 Å². The van der Waals surface area contributed by atoms with E-state index >= 15 is 0 Å². The van der Waals surface area contributed by atoms with Gasteiger partial charge in [-0.05, 0) is 30.7 Å². The number of ether oxygens (including phenoxy) is 1. The van der Waals surface area contributed by atoms with Gasteiger partial charge in [-0.3, -0.25) is 9.80 Å². The Labute approximate surface area is 132 Å². The average Bonchev–Trinajstić information content (AvgIpc) is 2.54. The summed E-state index contributed by atoms with van der Waals surface area (Å²) in [6, 6.07) is 5.21. The molecule has 0 aromatic heterocycles. The van der Waals surface area contributed by atoms with Gasteiger partial charge in [0.1, 0.15) is 5.75 Å². The highest BCUT2D eigenvalue weighted by Crippen LogP contribution is 2.21. The molecule has 0 spiro atoms. The van der Waals surface area contributed by atoms with Crippen molar-refractivity contribution >= 4 is 10.0 Å². The van der Waals surface area contributed by atoms with Crippen molar-refractivity contribution in [3.8, 4) is 5.75 Å². The largest absolute Gasteiger partial charge is 0.496 e. The molecular formula is C15H23N3O3S. The fraction of sp³-hybridized carbons (Fsp3) is 0.600. The van der Waals surface area contributed by atoms with Gasteiger partial charge in [0.15, 0.2) is 0 Å². The zero-order valence-electron chi connectivity index (χ0n) is 13.1. The molecule has 122 valence electrons. The molecule has 3 saturated heterocycles. The van der Waals surface area contributed by atoms with E-state index in [1.807, 2.05) is 6.92 Å². The standard InChI is InChI=1S/C15H23N3O3S/c1-12-9-14(3-4-15(12)21-2)22(19,20)16-10-13-11-17-5-7-18(13)8-6-17/h3-4,9,13,16H,5-8,10-11H2,1-2H3. The maximum absolute atomic E-state index is 12.4. The Kier molecular flexibility index (Phi) is 4.40. The number of sulfonamides is 1. The van der Waals surface area contributed by atoms with E-state index in [0.717, 1.165) is 38.3 Å². The van der Waals surface area contributed by atoms with E-state index in [1.165, 1.54) is 0 Å². The van der Waals surface area contributed by atoms with E-state index in [9.17, 15) is 8.42 Å². The summed E-state index contributed by atoms with van der Waals surface area (Å²) in [4.78, 5) is 5.07. The normalized spacial score (nSPS) is 27.8. The molecule has 22 heavy (non-hydrogen) atoms. The molecule has 6 nitrogen and oxygen atoms in total. The first-order valence-electron chi connectivity index (χ1n) is 7.60. The van der Waals surface area contributed by atoms with E-state index in [4.69, 9.17) is 4.74 Å². The van der Waals surface area contributed by atoms with Crippen LogP contribution in [0.5, 0.6) is 5.75 Å². The number of benzene rings is 1. The van der Waals surface area contributed by atoms with Crippen LogP contribution in [0.4, 0.5) is 0 Å². The van der Waals surface area contributed by atoms with Crippen LogP contribution in [0, 0.1) is 6.92 Å². The average molecular weight is 325 g/mol. The van der Waals surface area contributed by atoms with Crippen molar-refractivity contribution in [2.75, 3.05) is 46.4 Å². The monoisotopic (exact) mass is 325 g/mol. The predicted molar refractivity (Wildman–Crippen MR) is 84.7 cm³/mol. The van der Waals surface area contributed by atoms with Crippen LogP contribution in [0.15, 0.2) is 23.1 Å². The van der Waals surface area contributed by atoms with Crippen molar-refractivity contribution in [1.29, 1.82) is 0 Å². The van der Waals surface area contributed by atoms with Gasteiger partial charge in [-0.15, -0.1) is 0 Å². The quantitative estimate of drug-likeness (QED) is 0.843. The van der Waals surface area contributed by atoms with Gasteiger partial charge in [0.05, 0.1) is 12.0 Å². The van der Waals surface area contributed by atoms with Crippen LogP contribution >= 0.6 is 0 Å². The summed E-state index contributed by atoms with van der Waals surface area (Å²) in [5.74, 6) is 0.697. The molecule has 2 bridgehead atoms. The van der Waals surface area contributed by atoms with Crippen molar-refractivity contribution in [1.82, 2.24) is 14.5 Å². The minimum absolute atomic E-state index is 0.275. The molecule has 0 aliphatic carbocycles. The second-order valence-electron chi connectivity index (χ2n) is 5.97. The molecule has 3 heterocycles. The van der Waals surface area contributed by atoms with Gasteiger partial charge in [0.25, 0.3) is 0 Å². The van der Waals surface area contributed by atoms with Gasteiger partial charge in [0, 0.05) is 45.3 Å². The maximum atomic E-state index is 12.4. The zero-order chi connectivity index (χ0) is 15.7. The summed E-state index contributed by atoms with van der Waals surface area (Å²) in [6.07, 6.45) is 0. The number of nitrogens with one attached hydrogen (secondary N) is 1. The minimum Gasteiger partial charge on any atom is -0.496 e. The molecule has 3 fully saturated rings. The number of fused-ring (bicyclic) bond motifs is 3. The first-order valence-corrected chi connectivity index (χ1v) is 9.08. The van der Waals surface area contributed by atoms with Gasteiger partial charge >= 0.3 is 0 Å². The fourth-order valence-corrected chi connectivity index (χ4v) is 4.38. The van der Waals surface area contributed by atoms with Crippen LogP contribution in [0.25, 0.3) is 0 Å². The third kappa shape index (κ3) is 3.12. The summed E-state index contributed by atoms with van der Waals surface area (Å²) >= 11 is 0. The molecular weight excluding hydrogens is 302 g/mol. The van der Waals surface area contributed by atoms with Crippen LogP contribution in [-0.4, -0.2) is 70.6 Å². The van der Waals surface area contributed by atoms with Crippen LogP contribution in [0.3, 0.4) is 0 Å². The van der Waals surface area contributed by atoms with Crippen LogP contribution in [0.2, 0.25) is 0 Å². The summed E-state index contributed by atoms with van der Waals surface area (Å²) in [7, 11) is -1.89. The van der Waals surface area contributed by atoms with Gasteiger partial charge < -0.3 is 4.74 Å². The molecule has 1 unspecified atom stereocenters. The number of methoxy groups -OCH3 is 1. The lowest BCUT2D eigenvalue weighted by molar-refractivity contribution is 0.0158. The topological polar surface area (TPSA) is 61.9 Å². The Morgan fingerprint density at radius 3 is 2.55 bits per heavy atom. The third-order valence-electron chi connectivity index (χ3n) is 4.58. The van der Waals surface area contributed by atoms with Crippen molar-refractivity contribution in [3.05, 3.63) is 23.8 Å². The molecule has 0 amide bonds. The predicted octanol–water partition coefficient (Wildman–Crippen LogP) is 0.282. The lowest BCUT2D eigenvalue weighted by Crippen LogP contribution is -2.63. The molecule has 1 N–H and O–H groups in total. The molecule has 7 heteroatoms. The van der Waals surface area contributed by atoms with E-state index < -0.39 is 10.0 Å². The van der Waals surface area contributed by atoms with Gasteiger partial charge in [-0.1, -0.05) is 0 Å². The number of aryl methyl sites for hydroxylation is 1. The van der Waals surface area contributed by atoms with E-state index in [-0.39, 0.29) is 6.04 Å². The van der Waals surface area contributed by atoms with Crippen LogP contribution in [0.1, 0.15) is 5.56 Å². The highest BCUT2D eigenvalue weighted by Gasteiger charge is 2.32. The number of rotatable bonds is 5. The first kappa shape index (κ1) is 15.7. The molecule has 3 aliphatic heterocycles. The second-order valence-corrected chi connectivity index (χ2v) is 7.74. The maximum Gasteiger partial charge on any atom is 0.240 e. The van der Waals surface area contributed by atoms with Gasteiger partial charge in [0.2, 0.25) is 10.0 Å². The molecule has 1 aromatic carbocycles. The van der Waals surface area contributed by atoms with Crippen LogP contribution < -0.4 is 9.46 Å². The summed E-state index contributed by atoms with van der Waals surface area (Å²) < 4.78 is 32.8. The van der Waals surface area contributed by atoms with Crippen molar-refractivity contribution in [3.63, 3.8) is 0 Å². The number of hydrogen-bond acceptors (Lipinski definition) is 5. The van der Waals surface area contributed by atoms with Crippen molar-refractivity contribution in [2.24, 2.45) is 0 Å². The lowest BCUT2D eigenvalue weighted by Gasteiger charge is -2.47. The summed E-state index contributed by atoms with van der Waals surface area (Å²) in [6.45, 7) is 7.52. The second kappa shape index (κ2) is 6.16. The first-order chi connectivity index (χ1) is 10.5. The number of hydrogen-bond donors (Lipinski definition) is 1. The van der Waals surface area contributed by atoms with E-state index in [0.29, 0.717) is 17.2 Å². The molecule has 0 saturated carbocycles. The van der Waals surface area contributed by atoms with Gasteiger partial charge in [-0.25, -0.2) is 13.1 Å². The molecule has 4 rings (SSSR count). The Morgan fingerprint density at radius 2 is 2.00 bits per heavy atom. The zero-order valence-corrected chi connectivity index (χ0v) is 13.9. The molecule has 1 aromatic rings. The minimum atomic E-state index is -3.47. The van der Waals surface area contributed by atoms with Crippen molar-refractivity contribution < 1.29 is 13.2 Å². The van der Waals surface area contributed by atoms with Crippen LogP contribution in [-0.2, 0) is 10.0 Å². The molecule has 1 atom stereocenters. The Balaban J connectivity index is 1.67. The summed E-state index contributed by atoms with van der Waals surface area (Å²) in [5, 5.41) is 0. The molecule has 0 radical (unpaired) electrons. The van der Waals surface area contributed by atoms with E-state index in [1.54, 1.807) is 25.3 Å². The Bertz CT molecular complexity index is 639. The highest BCUT2D eigenvalue weighted by atomic mass is 32.2. The Hall–Kier alpha value is -1.15.